The van der Waals surface area contributed by atoms with Gasteiger partial charge < -0.3 is 0 Å². The Morgan fingerprint density at radius 3 is 1.71 bits per heavy atom. The lowest BCUT2D eigenvalue weighted by Gasteiger charge is -2.46. The van der Waals surface area contributed by atoms with Gasteiger partial charge in [-0.1, -0.05) is 97.3 Å². The Morgan fingerprint density at radius 1 is 0.613 bits per heavy atom. The Labute approximate surface area is 195 Å². The third-order valence-electron chi connectivity index (χ3n) is 10.0. The predicted octanol–water partition coefficient (Wildman–Crippen LogP) is 9.85. The summed E-state index contributed by atoms with van der Waals surface area (Å²) in [6.07, 6.45) is 29.4. The van der Waals surface area contributed by atoms with Gasteiger partial charge in [-0.25, -0.2) is 0 Å². The molecule has 0 spiro atoms. The van der Waals surface area contributed by atoms with E-state index in [4.69, 9.17) is 0 Å². The van der Waals surface area contributed by atoms with Crippen molar-refractivity contribution in [1.82, 2.24) is 0 Å². The lowest BCUT2D eigenvalue weighted by molar-refractivity contribution is 0.0601. The first-order valence-electron chi connectivity index (χ1n) is 14.6. The van der Waals surface area contributed by atoms with Gasteiger partial charge in [0.2, 0.25) is 0 Å². The average molecular weight is 428 g/mol. The number of nitrogens with zero attached hydrogens (tertiary/aromatic N) is 1. The van der Waals surface area contributed by atoms with Gasteiger partial charge in [-0.15, -0.1) is 0 Å². The van der Waals surface area contributed by atoms with Crippen molar-refractivity contribution in [3.63, 3.8) is 0 Å². The molecule has 3 saturated carbocycles. The maximum atomic E-state index is 10.2. The van der Waals surface area contributed by atoms with Crippen LogP contribution >= 0.6 is 0 Å². The van der Waals surface area contributed by atoms with Crippen LogP contribution in [0.5, 0.6) is 0 Å². The second kappa shape index (κ2) is 13.3. The Hall–Kier alpha value is -0.510. The standard InChI is InChI=1S/C30H53N/c1-3-5-7-8-9-11-26-14-18-29(19-15-26)30(24-31)22-20-28(21-23-30)27-16-12-25(13-17-27)10-6-4-2/h25-29H,3-23H2,1-2H3/t25?,26?,27?,28-,29?,30-. The van der Waals surface area contributed by atoms with Gasteiger partial charge in [0, 0.05) is 0 Å². The summed E-state index contributed by atoms with van der Waals surface area (Å²) in [5.41, 5.74) is 0.0426. The molecular weight excluding hydrogens is 374 g/mol. The van der Waals surface area contributed by atoms with E-state index in [9.17, 15) is 5.26 Å². The zero-order chi connectivity index (χ0) is 21.9. The van der Waals surface area contributed by atoms with Crippen LogP contribution < -0.4 is 0 Å². The minimum absolute atomic E-state index is 0.0426. The molecule has 178 valence electrons. The molecule has 3 rings (SSSR count). The van der Waals surface area contributed by atoms with Crippen LogP contribution in [-0.2, 0) is 0 Å². The molecule has 0 aromatic rings. The second-order valence-corrected chi connectivity index (χ2v) is 11.9. The third-order valence-corrected chi connectivity index (χ3v) is 10.0. The average Bonchev–Trinajstić information content (AvgIpc) is 2.83. The van der Waals surface area contributed by atoms with E-state index in [1.165, 1.54) is 135 Å². The van der Waals surface area contributed by atoms with E-state index in [0.717, 1.165) is 23.7 Å². The van der Waals surface area contributed by atoms with Gasteiger partial charge in [0.15, 0.2) is 0 Å². The lowest BCUT2D eigenvalue weighted by atomic mass is 9.57. The highest BCUT2D eigenvalue weighted by Crippen LogP contribution is 2.52. The molecule has 0 aliphatic heterocycles. The smallest absolute Gasteiger partial charge is 0.0692 e. The molecule has 31 heavy (non-hydrogen) atoms. The number of rotatable bonds is 11. The fraction of sp³-hybridized carbons (Fsp3) is 0.967. The van der Waals surface area contributed by atoms with Gasteiger partial charge in [-0.05, 0) is 81.0 Å². The molecular formula is C30H53N. The van der Waals surface area contributed by atoms with Crippen LogP contribution in [0.4, 0.5) is 0 Å². The van der Waals surface area contributed by atoms with Crippen LogP contribution in [0.15, 0.2) is 0 Å². The first-order valence-corrected chi connectivity index (χ1v) is 14.6. The van der Waals surface area contributed by atoms with E-state index in [1.807, 2.05) is 0 Å². The van der Waals surface area contributed by atoms with E-state index in [1.54, 1.807) is 0 Å². The van der Waals surface area contributed by atoms with Gasteiger partial charge in [0.25, 0.3) is 0 Å². The summed E-state index contributed by atoms with van der Waals surface area (Å²) in [6, 6.07) is 2.92. The highest BCUT2D eigenvalue weighted by Gasteiger charge is 2.44. The lowest BCUT2D eigenvalue weighted by Crippen LogP contribution is -2.38. The summed E-state index contributed by atoms with van der Waals surface area (Å²) in [5, 5.41) is 10.2. The summed E-state index contributed by atoms with van der Waals surface area (Å²) in [5.74, 6) is 4.62. The van der Waals surface area contributed by atoms with Gasteiger partial charge in [0.05, 0.1) is 11.5 Å². The van der Waals surface area contributed by atoms with Crippen molar-refractivity contribution in [3.8, 4) is 6.07 Å². The fourth-order valence-corrected chi connectivity index (χ4v) is 7.72. The molecule has 0 radical (unpaired) electrons. The molecule has 3 fully saturated rings. The van der Waals surface area contributed by atoms with Crippen molar-refractivity contribution in [1.29, 1.82) is 5.26 Å². The molecule has 3 aliphatic rings. The highest BCUT2D eigenvalue weighted by molar-refractivity contribution is 5.06. The van der Waals surface area contributed by atoms with Crippen LogP contribution in [0.1, 0.15) is 149 Å². The van der Waals surface area contributed by atoms with Crippen molar-refractivity contribution in [3.05, 3.63) is 0 Å². The Bertz CT molecular complexity index is 507. The fourth-order valence-electron chi connectivity index (χ4n) is 7.72. The van der Waals surface area contributed by atoms with Crippen molar-refractivity contribution < 1.29 is 0 Å². The minimum atomic E-state index is 0.0426. The molecule has 0 heterocycles. The molecule has 0 bridgehead atoms. The van der Waals surface area contributed by atoms with E-state index in [0.29, 0.717) is 5.92 Å². The monoisotopic (exact) mass is 427 g/mol. The first-order chi connectivity index (χ1) is 15.2. The van der Waals surface area contributed by atoms with Crippen LogP contribution in [0, 0.1) is 46.3 Å². The quantitative estimate of drug-likeness (QED) is 0.301. The van der Waals surface area contributed by atoms with Crippen LogP contribution in [0.25, 0.3) is 0 Å². The van der Waals surface area contributed by atoms with Crippen molar-refractivity contribution in [2.24, 2.45) is 35.0 Å². The highest BCUT2D eigenvalue weighted by atomic mass is 14.5. The Kier molecular flexibility index (Phi) is 10.7. The summed E-state index contributed by atoms with van der Waals surface area (Å²) in [6.45, 7) is 4.63. The van der Waals surface area contributed by atoms with Gasteiger partial charge >= 0.3 is 0 Å². The SMILES string of the molecule is CCCCCCCC1CCC([C@]2(C#N)CC[C@@H](C3CCC(CCCC)CC3)CC2)CC1. The molecule has 0 aromatic heterocycles. The third kappa shape index (κ3) is 7.24. The second-order valence-electron chi connectivity index (χ2n) is 11.9. The van der Waals surface area contributed by atoms with Crippen LogP contribution in [0.3, 0.4) is 0 Å². The summed E-state index contributed by atoms with van der Waals surface area (Å²) in [7, 11) is 0. The van der Waals surface area contributed by atoms with E-state index >= 15 is 0 Å². The number of hydrogen-bond donors (Lipinski definition) is 0. The van der Waals surface area contributed by atoms with Crippen molar-refractivity contribution >= 4 is 0 Å². The maximum Gasteiger partial charge on any atom is 0.0692 e. The Morgan fingerprint density at radius 2 is 1.13 bits per heavy atom. The zero-order valence-corrected chi connectivity index (χ0v) is 21.2. The number of unbranched alkanes of at least 4 members (excludes halogenated alkanes) is 5. The number of nitriles is 1. The summed E-state index contributed by atoms with van der Waals surface area (Å²) >= 11 is 0. The predicted molar refractivity (Wildman–Crippen MR) is 134 cm³/mol. The van der Waals surface area contributed by atoms with E-state index in [-0.39, 0.29) is 5.41 Å². The topological polar surface area (TPSA) is 23.8 Å². The van der Waals surface area contributed by atoms with E-state index < -0.39 is 0 Å². The maximum absolute atomic E-state index is 10.2. The normalized spacial score (nSPS) is 36.7. The van der Waals surface area contributed by atoms with E-state index in [2.05, 4.69) is 19.9 Å². The number of hydrogen-bond acceptors (Lipinski definition) is 1. The largest absolute Gasteiger partial charge is 0.198 e. The molecule has 1 heteroatoms. The molecule has 0 saturated heterocycles. The van der Waals surface area contributed by atoms with Crippen molar-refractivity contribution in [2.45, 2.75) is 149 Å². The first kappa shape index (κ1) is 25.1. The molecule has 3 aliphatic carbocycles. The Balaban J connectivity index is 1.37. The molecule has 1 nitrogen and oxygen atoms in total. The molecule has 0 amide bonds. The van der Waals surface area contributed by atoms with Crippen LogP contribution in [-0.4, -0.2) is 0 Å². The van der Waals surface area contributed by atoms with Gasteiger partial charge in [-0.2, -0.15) is 5.26 Å². The zero-order valence-electron chi connectivity index (χ0n) is 21.2. The minimum Gasteiger partial charge on any atom is -0.198 e. The van der Waals surface area contributed by atoms with Crippen molar-refractivity contribution in [2.75, 3.05) is 0 Å². The summed E-state index contributed by atoms with van der Waals surface area (Å²) in [4.78, 5) is 0. The van der Waals surface area contributed by atoms with Gasteiger partial charge in [0.1, 0.15) is 0 Å². The molecule has 0 aromatic carbocycles. The molecule has 0 N–H and O–H groups in total. The molecule has 0 atom stereocenters. The molecule has 0 unspecified atom stereocenters. The summed E-state index contributed by atoms with van der Waals surface area (Å²) < 4.78 is 0. The van der Waals surface area contributed by atoms with Crippen LogP contribution in [0.2, 0.25) is 0 Å². The van der Waals surface area contributed by atoms with Gasteiger partial charge in [-0.3, -0.25) is 0 Å².